The molecule has 4 nitrogen and oxygen atoms in total. The van der Waals surface area contributed by atoms with Crippen LogP contribution in [0.3, 0.4) is 0 Å². The van der Waals surface area contributed by atoms with E-state index in [-0.39, 0.29) is 11.5 Å². The highest BCUT2D eigenvalue weighted by Crippen LogP contribution is 2.22. The number of nitrogens with zero attached hydrogens (tertiary/aromatic N) is 2. The molecular formula is C20H20N2O2. The second-order valence-electron chi connectivity index (χ2n) is 5.68. The number of amides is 1. The summed E-state index contributed by atoms with van der Waals surface area (Å²) in [6.07, 6.45) is 1.56. The number of hydrogen-bond acceptors (Lipinski definition) is 3. The summed E-state index contributed by atoms with van der Waals surface area (Å²) < 4.78 is 5.87. The maximum Gasteiger partial charge on any atom is 0.264 e. The lowest BCUT2D eigenvalue weighted by atomic mass is 10.1. The van der Waals surface area contributed by atoms with E-state index in [1.54, 1.807) is 20.2 Å². The Hall–Kier alpha value is -3.06. The molecule has 0 aliphatic carbocycles. The number of ether oxygens (including phenoxy) is 1. The predicted octanol–water partition coefficient (Wildman–Crippen LogP) is 3.57. The molecule has 2 rings (SSSR count). The number of nitriles is 1. The van der Waals surface area contributed by atoms with Crippen molar-refractivity contribution in [1.29, 1.82) is 5.26 Å². The molecule has 122 valence electrons. The van der Waals surface area contributed by atoms with Crippen molar-refractivity contribution < 1.29 is 9.53 Å². The van der Waals surface area contributed by atoms with Crippen molar-refractivity contribution in [1.82, 2.24) is 4.90 Å². The lowest BCUT2D eigenvalue weighted by Crippen LogP contribution is -2.22. The smallest absolute Gasteiger partial charge is 0.264 e. The van der Waals surface area contributed by atoms with E-state index >= 15 is 0 Å². The van der Waals surface area contributed by atoms with Crippen LogP contribution in [-0.2, 0) is 11.4 Å². The summed E-state index contributed by atoms with van der Waals surface area (Å²) in [5.41, 5.74) is 3.04. The molecule has 0 spiro atoms. The summed E-state index contributed by atoms with van der Waals surface area (Å²) in [4.78, 5) is 13.4. The monoisotopic (exact) mass is 320 g/mol. The van der Waals surface area contributed by atoms with E-state index in [4.69, 9.17) is 4.74 Å². The van der Waals surface area contributed by atoms with Crippen LogP contribution in [0.4, 0.5) is 0 Å². The Morgan fingerprint density at radius 3 is 2.46 bits per heavy atom. The molecule has 2 aromatic carbocycles. The fourth-order valence-electron chi connectivity index (χ4n) is 2.11. The largest absolute Gasteiger partial charge is 0.488 e. The Morgan fingerprint density at radius 1 is 1.17 bits per heavy atom. The third-order valence-corrected chi connectivity index (χ3v) is 3.49. The summed E-state index contributed by atoms with van der Waals surface area (Å²) in [5.74, 6) is 0.309. The molecule has 24 heavy (non-hydrogen) atoms. The molecule has 0 radical (unpaired) electrons. The van der Waals surface area contributed by atoms with Gasteiger partial charge in [-0.05, 0) is 24.6 Å². The van der Waals surface area contributed by atoms with Crippen molar-refractivity contribution in [3.8, 4) is 11.8 Å². The first-order chi connectivity index (χ1) is 11.5. The van der Waals surface area contributed by atoms with Crippen LogP contribution in [0, 0.1) is 18.3 Å². The Kier molecular flexibility index (Phi) is 5.75. The minimum atomic E-state index is -0.328. The fraction of sp³-hybridized carbons (Fsp3) is 0.200. The van der Waals surface area contributed by atoms with E-state index in [1.807, 2.05) is 61.5 Å². The predicted molar refractivity (Wildman–Crippen MR) is 94.2 cm³/mol. The van der Waals surface area contributed by atoms with E-state index in [9.17, 15) is 10.1 Å². The summed E-state index contributed by atoms with van der Waals surface area (Å²) in [6, 6.07) is 17.4. The SMILES string of the molecule is Cc1ccc(COc2ccccc2/C=C(/C#N)C(=O)N(C)C)cc1. The highest BCUT2D eigenvalue weighted by Gasteiger charge is 2.12. The van der Waals surface area contributed by atoms with Crippen molar-refractivity contribution in [3.63, 3.8) is 0 Å². The van der Waals surface area contributed by atoms with Gasteiger partial charge in [0.05, 0.1) is 0 Å². The van der Waals surface area contributed by atoms with Crippen LogP contribution in [0.25, 0.3) is 6.08 Å². The van der Waals surface area contributed by atoms with Gasteiger partial charge in [-0.3, -0.25) is 4.79 Å². The molecule has 0 heterocycles. The maximum absolute atomic E-state index is 12.0. The van der Waals surface area contributed by atoms with Gasteiger partial charge in [-0.25, -0.2) is 0 Å². The van der Waals surface area contributed by atoms with Gasteiger partial charge in [-0.15, -0.1) is 0 Å². The summed E-state index contributed by atoms with van der Waals surface area (Å²) >= 11 is 0. The molecule has 0 bridgehead atoms. The number of rotatable bonds is 5. The Balaban J connectivity index is 2.22. The van der Waals surface area contributed by atoms with Crippen LogP contribution in [0.5, 0.6) is 5.75 Å². The summed E-state index contributed by atoms with van der Waals surface area (Å²) in [6.45, 7) is 2.46. The normalized spacial score (nSPS) is 10.8. The standard InChI is InChI=1S/C20H20N2O2/c1-15-8-10-16(11-9-15)14-24-19-7-5-4-6-17(19)12-18(13-21)20(23)22(2)3/h4-12H,14H2,1-3H3/b18-12-. The highest BCUT2D eigenvalue weighted by atomic mass is 16.5. The summed E-state index contributed by atoms with van der Waals surface area (Å²) in [7, 11) is 3.24. The first kappa shape index (κ1) is 17.3. The van der Waals surface area contributed by atoms with Gasteiger partial charge in [0.15, 0.2) is 0 Å². The molecule has 0 saturated heterocycles. The van der Waals surface area contributed by atoms with Crippen LogP contribution < -0.4 is 4.74 Å². The van der Waals surface area contributed by atoms with E-state index in [0.29, 0.717) is 17.9 Å². The van der Waals surface area contributed by atoms with E-state index in [2.05, 4.69) is 0 Å². The van der Waals surface area contributed by atoms with Crippen molar-refractivity contribution in [2.45, 2.75) is 13.5 Å². The molecule has 1 amide bonds. The van der Waals surface area contributed by atoms with Gasteiger partial charge in [0.25, 0.3) is 5.91 Å². The second kappa shape index (κ2) is 7.98. The van der Waals surface area contributed by atoms with Gasteiger partial charge >= 0.3 is 0 Å². The quantitative estimate of drug-likeness (QED) is 0.625. The Bertz CT molecular complexity index is 784. The second-order valence-corrected chi connectivity index (χ2v) is 5.68. The Morgan fingerprint density at radius 2 is 1.83 bits per heavy atom. The molecule has 2 aromatic rings. The van der Waals surface area contributed by atoms with Gasteiger partial charge < -0.3 is 9.64 Å². The molecule has 0 fully saturated rings. The van der Waals surface area contributed by atoms with Gasteiger partial charge in [0.2, 0.25) is 0 Å². The summed E-state index contributed by atoms with van der Waals surface area (Å²) in [5, 5.41) is 9.22. The first-order valence-corrected chi connectivity index (χ1v) is 7.62. The van der Waals surface area contributed by atoms with E-state index < -0.39 is 0 Å². The molecule has 0 N–H and O–H groups in total. The minimum Gasteiger partial charge on any atom is -0.488 e. The van der Waals surface area contributed by atoms with E-state index in [0.717, 1.165) is 5.56 Å². The number of carbonyl (C=O) groups excluding carboxylic acids is 1. The topological polar surface area (TPSA) is 53.3 Å². The zero-order valence-electron chi connectivity index (χ0n) is 14.1. The van der Waals surface area contributed by atoms with Crippen molar-refractivity contribution in [2.24, 2.45) is 0 Å². The Labute approximate surface area is 142 Å². The number of hydrogen-bond donors (Lipinski definition) is 0. The average Bonchev–Trinajstić information content (AvgIpc) is 2.59. The number of aryl methyl sites for hydroxylation is 1. The lowest BCUT2D eigenvalue weighted by molar-refractivity contribution is -0.124. The van der Waals surface area contributed by atoms with E-state index in [1.165, 1.54) is 10.5 Å². The molecule has 0 aliphatic rings. The average molecular weight is 320 g/mol. The number of benzene rings is 2. The van der Waals surface area contributed by atoms with Crippen molar-refractivity contribution in [2.75, 3.05) is 14.1 Å². The zero-order valence-corrected chi connectivity index (χ0v) is 14.1. The van der Waals surface area contributed by atoms with Crippen LogP contribution >= 0.6 is 0 Å². The third-order valence-electron chi connectivity index (χ3n) is 3.49. The molecule has 0 saturated carbocycles. The molecule has 0 aliphatic heterocycles. The number of para-hydroxylation sites is 1. The van der Waals surface area contributed by atoms with Crippen LogP contribution in [0.15, 0.2) is 54.1 Å². The van der Waals surface area contributed by atoms with Crippen LogP contribution in [0.2, 0.25) is 0 Å². The molecule has 4 heteroatoms. The molecule has 0 atom stereocenters. The van der Waals surface area contributed by atoms with Crippen molar-refractivity contribution in [3.05, 3.63) is 70.8 Å². The van der Waals surface area contributed by atoms with Gasteiger partial charge in [-0.1, -0.05) is 48.0 Å². The lowest BCUT2D eigenvalue weighted by Gasteiger charge is -2.11. The maximum atomic E-state index is 12.0. The zero-order chi connectivity index (χ0) is 17.5. The number of likely N-dealkylation sites (N-methyl/N-ethyl adjacent to an activating group) is 1. The van der Waals surface area contributed by atoms with Gasteiger partial charge in [-0.2, -0.15) is 5.26 Å². The molecule has 0 aromatic heterocycles. The molecular weight excluding hydrogens is 300 g/mol. The van der Waals surface area contributed by atoms with Crippen LogP contribution in [-0.4, -0.2) is 24.9 Å². The fourth-order valence-corrected chi connectivity index (χ4v) is 2.11. The van der Waals surface area contributed by atoms with Crippen molar-refractivity contribution >= 4 is 12.0 Å². The van der Waals surface area contributed by atoms with Crippen LogP contribution in [0.1, 0.15) is 16.7 Å². The van der Waals surface area contributed by atoms with Gasteiger partial charge in [0.1, 0.15) is 24.0 Å². The molecule has 0 unspecified atom stereocenters. The number of carbonyl (C=O) groups is 1. The third kappa shape index (κ3) is 4.47. The first-order valence-electron chi connectivity index (χ1n) is 7.62. The highest BCUT2D eigenvalue weighted by molar-refractivity contribution is 6.01. The van der Waals surface area contributed by atoms with Gasteiger partial charge in [0, 0.05) is 19.7 Å². The minimum absolute atomic E-state index is 0.0754.